The molecule has 0 radical (unpaired) electrons. The van der Waals surface area contributed by atoms with Gasteiger partial charge in [-0.25, -0.2) is 4.99 Å². The van der Waals surface area contributed by atoms with Gasteiger partial charge in [-0.3, -0.25) is 4.90 Å². The van der Waals surface area contributed by atoms with E-state index in [1.807, 2.05) is 11.8 Å². The van der Waals surface area contributed by atoms with Gasteiger partial charge in [0.05, 0.1) is 6.54 Å². The Morgan fingerprint density at radius 1 is 1.00 bits per heavy atom. The summed E-state index contributed by atoms with van der Waals surface area (Å²) in [6.07, 6.45) is 1.26. The molecule has 2 aliphatic heterocycles. The molecule has 0 amide bonds. The van der Waals surface area contributed by atoms with Gasteiger partial charge in [0.2, 0.25) is 0 Å². The number of benzene rings is 1. The predicted molar refractivity (Wildman–Crippen MR) is 123 cm³/mol. The number of aliphatic imine (C=N–C) groups is 1. The number of hydrogen-bond acceptors (Lipinski definition) is 4. The number of thioether (sulfide) groups is 1. The van der Waals surface area contributed by atoms with E-state index in [9.17, 15) is 0 Å². The van der Waals surface area contributed by atoms with Crippen LogP contribution in [0, 0.1) is 0 Å². The summed E-state index contributed by atoms with van der Waals surface area (Å²) in [6.45, 7) is 8.49. The third-order valence-electron chi connectivity index (χ3n) is 5.00. The molecule has 3 rings (SSSR count). The van der Waals surface area contributed by atoms with Gasteiger partial charge in [-0.15, -0.1) is 24.0 Å². The first-order valence-corrected chi connectivity index (χ1v) is 10.5. The summed E-state index contributed by atoms with van der Waals surface area (Å²) >= 11 is 1.99. The third-order valence-corrected chi connectivity index (χ3v) is 5.94. The van der Waals surface area contributed by atoms with E-state index in [1.165, 1.54) is 37.2 Å². The van der Waals surface area contributed by atoms with Crippen LogP contribution in [0.4, 0.5) is 0 Å². The van der Waals surface area contributed by atoms with Gasteiger partial charge < -0.3 is 15.5 Å². The van der Waals surface area contributed by atoms with Crippen LogP contribution in [0.2, 0.25) is 0 Å². The first-order chi connectivity index (χ1) is 12.2. The molecule has 1 aromatic carbocycles. The molecule has 146 valence electrons. The van der Waals surface area contributed by atoms with Crippen molar-refractivity contribution in [3.63, 3.8) is 0 Å². The summed E-state index contributed by atoms with van der Waals surface area (Å²) in [5.41, 5.74) is 8.75. The van der Waals surface area contributed by atoms with Gasteiger partial charge in [0.1, 0.15) is 0 Å². The summed E-state index contributed by atoms with van der Waals surface area (Å²) < 4.78 is 0. The molecule has 7 heteroatoms. The maximum absolute atomic E-state index is 6.13. The SMILES string of the molecule is CN1CCCN(Cc2ccc(CN=C(N)N3CCSCC3)cc2)CC1.I. The number of nitrogens with two attached hydrogens (primary N) is 1. The minimum atomic E-state index is 0. The minimum absolute atomic E-state index is 0. The van der Waals surface area contributed by atoms with E-state index in [1.54, 1.807) is 0 Å². The Morgan fingerprint density at radius 2 is 1.69 bits per heavy atom. The second kappa shape index (κ2) is 11.4. The van der Waals surface area contributed by atoms with Crippen LogP contribution in [-0.4, -0.2) is 78.5 Å². The molecule has 0 aliphatic carbocycles. The normalized spacial score (nSPS) is 20.5. The summed E-state index contributed by atoms with van der Waals surface area (Å²) in [7, 11) is 2.22. The van der Waals surface area contributed by atoms with Crippen molar-refractivity contribution in [1.29, 1.82) is 0 Å². The predicted octanol–water partition coefficient (Wildman–Crippen LogP) is 2.31. The Morgan fingerprint density at radius 3 is 2.42 bits per heavy atom. The lowest BCUT2D eigenvalue weighted by molar-refractivity contribution is 0.269. The molecule has 2 N–H and O–H groups in total. The molecule has 0 spiro atoms. The maximum Gasteiger partial charge on any atom is 0.191 e. The fourth-order valence-corrected chi connectivity index (χ4v) is 4.23. The topological polar surface area (TPSA) is 48.1 Å². The second-order valence-corrected chi connectivity index (χ2v) is 8.25. The Kier molecular flexibility index (Phi) is 9.52. The Balaban J connectivity index is 0.00000243. The third kappa shape index (κ3) is 6.90. The lowest BCUT2D eigenvalue weighted by atomic mass is 10.1. The van der Waals surface area contributed by atoms with E-state index in [2.05, 4.69) is 51.0 Å². The van der Waals surface area contributed by atoms with Crippen LogP contribution in [-0.2, 0) is 13.1 Å². The summed E-state index contributed by atoms with van der Waals surface area (Å²) in [6, 6.07) is 8.88. The molecule has 2 saturated heterocycles. The van der Waals surface area contributed by atoms with Gasteiger partial charge in [-0.2, -0.15) is 11.8 Å². The zero-order valence-corrected chi connectivity index (χ0v) is 18.9. The second-order valence-electron chi connectivity index (χ2n) is 7.02. The van der Waals surface area contributed by atoms with Crippen LogP contribution in [0.1, 0.15) is 17.5 Å². The molecule has 0 bridgehead atoms. The molecular formula is C19H32IN5S. The highest BCUT2D eigenvalue weighted by molar-refractivity contribution is 14.0. The van der Waals surface area contributed by atoms with Crippen LogP contribution in [0.5, 0.6) is 0 Å². The Bertz CT molecular complexity index is 560. The largest absolute Gasteiger partial charge is 0.370 e. The highest BCUT2D eigenvalue weighted by Gasteiger charge is 2.13. The van der Waals surface area contributed by atoms with Crippen molar-refractivity contribution in [2.24, 2.45) is 10.7 Å². The van der Waals surface area contributed by atoms with E-state index in [-0.39, 0.29) is 24.0 Å². The van der Waals surface area contributed by atoms with Crippen molar-refractivity contribution in [1.82, 2.24) is 14.7 Å². The lowest BCUT2D eigenvalue weighted by Crippen LogP contribution is -2.42. The smallest absolute Gasteiger partial charge is 0.191 e. The summed E-state index contributed by atoms with van der Waals surface area (Å²) in [5.74, 6) is 2.99. The minimum Gasteiger partial charge on any atom is -0.370 e. The van der Waals surface area contributed by atoms with Crippen molar-refractivity contribution >= 4 is 41.7 Å². The number of likely N-dealkylation sites (N-methyl/N-ethyl adjacent to an activating group) is 1. The monoisotopic (exact) mass is 489 g/mol. The molecule has 2 aliphatic rings. The number of guanidine groups is 1. The Hall–Kier alpha value is -0.510. The van der Waals surface area contributed by atoms with Gasteiger partial charge in [0.25, 0.3) is 0 Å². The quantitative estimate of drug-likeness (QED) is 0.400. The van der Waals surface area contributed by atoms with E-state index in [4.69, 9.17) is 5.73 Å². The molecule has 26 heavy (non-hydrogen) atoms. The molecule has 0 atom stereocenters. The number of rotatable bonds is 4. The zero-order chi connectivity index (χ0) is 17.5. The Labute approximate surface area is 179 Å². The average molecular weight is 489 g/mol. The summed E-state index contributed by atoms with van der Waals surface area (Å²) in [4.78, 5) is 11.8. The van der Waals surface area contributed by atoms with Crippen molar-refractivity contribution in [2.75, 3.05) is 57.8 Å². The standard InChI is InChI=1S/C19H31N5S.HI/c1-22-7-2-8-23(10-9-22)16-18-5-3-17(4-6-18)15-21-19(20)24-11-13-25-14-12-24;/h3-6H,2,7-16H2,1H3,(H2,20,21);1H. The maximum atomic E-state index is 6.13. The van der Waals surface area contributed by atoms with Crippen LogP contribution >= 0.6 is 35.7 Å². The highest BCUT2D eigenvalue weighted by atomic mass is 127. The summed E-state index contributed by atoms with van der Waals surface area (Å²) in [5, 5.41) is 0. The van der Waals surface area contributed by atoms with Gasteiger partial charge in [-0.1, -0.05) is 24.3 Å². The van der Waals surface area contributed by atoms with Gasteiger partial charge in [-0.05, 0) is 37.7 Å². The molecule has 2 heterocycles. The molecule has 0 saturated carbocycles. The van der Waals surface area contributed by atoms with Crippen molar-refractivity contribution in [3.8, 4) is 0 Å². The van der Waals surface area contributed by atoms with Crippen LogP contribution < -0.4 is 5.73 Å². The van der Waals surface area contributed by atoms with Crippen LogP contribution in [0.15, 0.2) is 29.3 Å². The molecular weight excluding hydrogens is 457 g/mol. The van der Waals surface area contributed by atoms with Gasteiger partial charge >= 0.3 is 0 Å². The molecule has 0 unspecified atom stereocenters. The fraction of sp³-hybridized carbons (Fsp3) is 0.632. The lowest BCUT2D eigenvalue weighted by Gasteiger charge is -2.27. The van der Waals surface area contributed by atoms with Gasteiger partial charge in [0, 0.05) is 44.2 Å². The first-order valence-electron chi connectivity index (χ1n) is 9.32. The molecule has 0 aromatic heterocycles. The van der Waals surface area contributed by atoms with Crippen LogP contribution in [0.3, 0.4) is 0 Å². The van der Waals surface area contributed by atoms with E-state index >= 15 is 0 Å². The van der Waals surface area contributed by atoms with Crippen molar-refractivity contribution in [2.45, 2.75) is 19.5 Å². The van der Waals surface area contributed by atoms with Crippen molar-refractivity contribution in [3.05, 3.63) is 35.4 Å². The van der Waals surface area contributed by atoms with E-state index in [0.29, 0.717) is 12.5 Å². The fourth-order valence-electron chi connectivity index (χ4n) is 3.33. The number of halogens is 1. The molecule has 2 fully saturated rings. The number of nitrogens with zero attached hydrogens (tertiary/aromatic N) is 4. The van der Waals surface area contributed by atoms with Gasteiger partial charge in [0.15, 0.2) is 5.96 Å². The molecule has 5 nitrogen and oxygen atoms in total. The molecule has 1 aromatic rings. The van der Waals surface area contributed by atoms with E-state index in [0.717, 1.165) is 37.7 Å². The highest BCUT2D eigenvalue weighted by Crippen LogP contribution is 2.12. The van der Waals surface area contributed by atoms with E-state index < -0.39 is 0 Å². The zero-order valence-electron chi connectivity index (χ0n) is 15.8. The van der Waals surface area contributed by atoms with Crippen LogP contribution in [0.25, 0.3) is 0 Å². The first kappa shape index (κ1) is 21.8. The van der Waals surface area contributed by atoms with Crippen molar-refractivity contribution < 1.29 is 0 Å². The average Bonchev–Trinajstić information content (AvgIpc) is 2.86. The number of hydrogen-bond donors (Lipinski definition) is 1.